The van der Waals surface area contributed by atoms with Crippen molar-refractivity contribution in [2.75, 3.05) is 23.3 Å². The van der Waals surface area contributed by atoms with Crippen molar-refractivity contribution in [1.82, 2.24) is 5.32 Å². The predicted molar refractivity (Wildman–Crippen MR) is 109 cm³/mol. The number of nitrogens with one attached hydrogen (secondary N) is 2. The zero-order valence-corrected chi connectivity index (χ0v) is 15.7. The van der Waals surface area contributed by atoms with Gasteiger partial charge in [0.2, 0.25) is 0 Å². The van der Waals surface area contributed by atoms with Crippen LogP contribution in [0.3, 0.4) is 0 Å². The molecule has 3 rings (SSSR count). The van der Waals surface area contributed by atoms with E-state index in [1.807, 2.05) is 24.3 Å². The van der Waals surface area contributed by atoms with Crippen molar-refractivity contribution in [3.8, 4) is 0 Å². The molecule has 0 radical (unpaired) electrons. The highest BCUT2D eigenvalue weighted by molar-refractivity contribution is 7.80. The van der Waals surface area contributed by atoms with E-state index in [1.54, 1.807) is 13.0 Å². The number of carbonyl (C=O) groups excluding carboxylic acids is 1. The number of hydrogen-bond donors (Lipinski definition) is 2. The van der Waals surface area contributed by atoms with Crippen molar-refractivity contribution < 1.29 is 9.72 Å². The van der Waals surface area contributed by atoms with Gasteiger partial charge in [0.15, 0.2) is 5.11 Å². The lowest BCUT2D eigenvalue weighted by Gasteiger charge is -2.18. The molecule has 27 heavy (non-hydrogen) atoms. The SMILES string of the molecule is Cc1ccc(C(=O)NC(=S)Nc2ccc(N3CCCC3)cc2)cc1[N+](=O)[O-]. The fourth-order valence-corrected chi connectivity index (χ4v) is 3.23. The van der Waals surface area contributed by atoms with Crippen LogP contribution in [0, 0.1) is 17.0 Å². The molecule has 0 bridgehead atoms. The summed E-state index contributed by atoms with van der Waals surface area (Å²) in [7, 11) is 0. The van der Waals surface area contributed by atoms with E-state index >= 15 is 0 Å². The number of thiocarbonyl (C=S) groups is 1. The largest absolute Gasteiger partial charge is 0.372 e. The summed E-state index contributed by atoms with van der Waals surface area (Å²) in [6.45, 7) is 3.77. The number of nitro groups is 1. The second-order valence-electron chi connectivity index (χ2n) is 6.41. The van der Waals surface area contributed by atoms with E-state index in [1.165, 1.54) is 30.7 Å². The minimum atomic E-state index is -0.509. The Kier molecular flexibility index (Phi) is 5.66. The maximum atomic E-state index is 12.3. The number of nitrogens with zero attached hydrogens (tertiary/aromatic N) is 2. The summed E-state index contributed by atoms with van der Waals surface area (Å²) in [4.78, 5) is 25.1. The number of anilines is 2. The fourth-order valence-electron chi connectivity index (χ4n) is 3.02. The zero-order valence-electron chi connectivity index (χ0n) is 14.9. The average Bonchev–Trinajstić information content (AvgIpc) is 3.17. The van der Waals surface area contributed by atoms with Gasteiger partial charge >= 0.3 is 0 Å². The Morgan fingerprint density at radius 2 is 1.81 bits per heavy atom. The first kappa shape index (κ1) is 18.8. The number of nitro benzene ring substituents is 1. The lowest BCUT2D eigenvalue weighted by molar-refractivity contribution is -0.385. The third-order valence-electron chi connectivity index (χ3n) is 4.49. The highest BCUT2D eigenvalue weighted by Crippen LogP contribution is 2.22. The summed E-state index contributed by atoms with van der Waals surface area (Å²) in [6, 6.07) is 12.2. The second-order valence-corrected chi connectivity index (χ2v) is 6.82. The quantitative estimate of drug-likeness (QED) is 0.475. The van der Waals surface area contributed by atoms with Gasteiger partial charge in [0.1, 0.15) is 0 Å². The van der Waals surface area contributed by atoms with Crippen molar-refractivity contribution in [2.45, 2.75) is 19.8 Å². The van der Waals surface area contributed by atoms with Gasteiger partial charge in [-0.1, -0.05) is 6.07 Å². The molecule has 0 aliphatic carbocycles. The van der Waals surface area contributed by atoms with Crippen LogP contribution in [0.5, 0.6) is 0 Å². The van der Waals surface area contributed by atoms with Crippen LogP contribution in [0.25, 0.3) is 0 Å². The van der Waals surface area contributed by atoms with E-state index in [0.717, 1.165) is 18.8 Å². The van der Waals surface area contributed by atoms with Gasteiger partial charge in [0.05, 0.1) is 4.92 Å². The van der Waals surface area contributed by atoms with Gasteiger partial charge in [0, 0.05) is 41.7 Å². The molecular weight excluding hydrogens is 364 g/mol. The molecule has 1 heterocycles. The Morgan fingerprint density at radius 1 is 1.15 bits per heavy atom. The molecule has 0 spiro atoms. The van der Waals surface area contributed by atoms with E-state index in [9.17, 15) is 14.9 Å². The predicted octanol–water partition coefficient (Wildman–Crippen LogP) is 3.63. The first-order chi connectivity index (χ1) is 12.9. The molecule has 1 aliphatic rings. The van der Waals surface area contributed by atoms with Gasteiger partial charge in [-0.2, -0.15) is 0 Å². The number of aryl methyl sites for hydroxylation is 1. The van der Waals surface area contributed by atoms with Crippen LogP contribution in [0.4, 0.5) is 17.1 Å². The van der Waals surface area contributed by atoms with Crippen LogP contribution >= 0.6 is 12.2 Å². The summed E-state index contributed by atoms with van der Waals surface area (Å²) >= 11 is 5.18. The molecule has 7 nitrogen and oxygen atoms in total. The molecular formula is C19H20N4O3S. The number of hydrogen-bond acceptors (Lipinski definition) is 5. The highest BCUT2D eigenvalue weighted by Gasteiger charge is 2.16. The van der Waals surface area contributed by atoms with Gasteiger partial charge in [-0.3, -0.25) is 20.2 Å². The molecule has 0 atom stereocenters. The molecule has 1 aliphatic heterocycles. The Morgan fingerprint density at radius 3 is 2.44 bits per heavy atom. The third-order valence-corrected chi connectivity index (χ3v) is 4.70. The average molecular weight is 384 g/mol. The van der Waals surface area contributed by atoms with Crippen LogP contribution in [-0.4, -0.2) is 29.0 Å². The lowest BCUT2D eigenvalue weighted by atomic mass is 10.1. The van der Waals surface area contributed by atoms with Crippen molar-refractivity contribution in [3.05, 3.63) is 63.7 Å². The van der Waals surface area contributed by atoms with Crippen molar-refractivity contribution in [3.63, 3.8) is 0 Å². The summed E-state index contributed by atoms with van der Waals surface area (Å²) in [5.74, 6) is -0.496. The fraction of sp³-hybridized carbons (Fsp3) is 0.263. The van der Waals surface area contributed by atoms with Crippen LogP contribution < -0.4 is 15.5 Å². The minimum Gasteiger partial charge on any atom is -0.372 e. The monoisotopic (exact) mass is 384 g/mol. The summed E-state index contributed by atoms with van der Waals surface area (Å²) < 4.78 is 0. The summed E-state index contributed by atoms with van der Waals surface area (Å²) in [5.41, 5.74) is 2.51. The molecule has 1 fully saturated rings. The standard InChI is InChI=1S/C19H20N4O3S/c1-13-4-5-14(12-17(13)23(25)26)18(24)21-19(27)20-15-6-8-16(9-7-15)22-10-2-3-11-22/h4-9,12H,2-3,10-11H2,1H3,(H2,20,21,24,27). The molecule has 140 valence electrons. The molecule has 1 saturated heterocycles. The van der Waals surface area contributed by atoms with Crippen LogP contribution in [-0.2, 0) is 0 Å². The Balaban J connectivity index is 1.61. The van der Waals surface area contributed by atoms with Crippen molar-refractivity contribution >= 4 is 40.3 Å². The lowest BCUT2D eigenvalue weighted by Crippen LogP contribution is -2.34. The summed E-state index contributed by atoms with van der Waals surface area (Å²) in [5, 5.41) is 16.7. The Hall–Kier alpha value is -3.00. The van der Waals surface area contributed by atoms with Crippen LogP contribution in [0.2, 0.25) is 0 Å². The maximum absolute atomic E-state index is 12.3. The Bertz CT molecular complexity index is 877. The van der Waals surface area contributed by atoms with E-state index in [0.29, 0.717) is 5.56 Å². The number of amides is 1. The molecule has 2 N–H and O–H groups in total. The van der Waals surface area contributed by atoms with Crippen LogP contribution in [0.1, 0.15) is 28.8 Å². The molecule has 0 aromatic heterocycles. The van der Waals surface area contributed by atoms with Gasteiger partial charge < -0.3 is 10.2 Å². The molecule has 2 aromatic rings. The minimum absolute atomic E-state index is 0.0981. The van der Waals surface area contributed by atoms with E-state index < -0.39 is 10.8 Å². The normalized spacial score (nSPS) is 13.3. The highest BCUT2D eigenvalue weighted by atomic mass is 32.1. The van der Waals surface area contributed by atoms with Gasteiger partial charge in [-0.05, 0) is 62.3 Å². The molecule has 1 amide bonds. The van der Waals surface area contributed by atoms with Crippen LogP contribution in [0.15, 0.2) is 42.5 Å². The maximum Gasteiger partial charge on any atom is 0.273 e. The van der Waals surface area contributed by atoms with Crippen molar-refractivity contribution in [2.24, 2.45) is 0 Å². The molecule has 0 unspecified atom stereocenters. The number of carbonyl (C=O) groups is 1. The smallest absolute Gasteiger partial charge is 0.273 e. The zero-order chi connectivity index (χ0) is 19.4. The Labute approximate surface area is 162 Å². The molecule has 8 heteroatoms. The number of rotatable bonds is 4. The van der Waals surface area contributed by atoms with Crippen molar-refractivity contribution in [1.29, 1.82) is 0 Å². The first-order valence-corrected chi connectivity index (χ1v) is 9.07. The van der Waals surface area contributed by atoms with Gasteiger partial charge in [0.25, 0.3) is 11.6 Å². The topological polar surface area (TPSA) is 87.5 Å². The molecule has 0 saturated carbocycles. The third kappa shape index (κ3) is 4.59. The first-order valence-electron chi connectivity index (χ1n) is 8.66. The van der Waals surface area contributed by atoms with Gasteiger partial charge in [-0.25, -0.2) is 0 Å². The van der Waals surface area contributed by atoms with E-state index in [2.05, 4.69) is 15.5 Å². The number of benzene rings is 2. The van der Waals surface area contributed by atoms with E-state index in [4.69, 9.17) is 12.2 Å². The summed E-state index contributed by atoms with van der Waals surface area (Å²) in [6.07, 6.45) is 2.43. The molecule has 2 aromatic carbocycles. The van der Waals surface area contributed by atoms with Gasteiger partial charge in [-0.15, -0.1) is 0 Å². The second kappa shape index (κ2) is 8.13. The van der Waals surface area contributed by atoms with E-state index in [-0.39, 0.29) is 16.4 Å².